The summed E-state index contributed by atoms with van der Waals surface area (Å²) in [6, 6.07) is 0. The Balaban J connectivity index is 2.56. The van der Waals surface area contributed by atoms with E-state index in [-0.39, 0.29) is 6.42 Å². The highest BCUT2D eigenvalue weighted by Gasteiger charge is 2.43. The molecule has 0 N–H and O–H groups in total. The van der Waals surface area contributed by atoms with Crippen molar-refractivity contribution in [3.63, 3.8) is 0 Å². The number of alkyl halides is 2. The molecule has 0 aromatic rings. The third kappa shape index (κ3) is 1.89. The molecule has 0 amide bonds. The van der Waals surface area contributed by atoms with Crippen LogP contribution in [0.25, 0.3) is 0 Å². The Labute approximate surface area is 65.7 Å². The van der Waals surface area contributed by atoms with Gasteiger partial charge in [0.2, 0.25) is 0 Å². The Morgan fingerprint density at radius 2 is 2.09 bits per heavy atom. The van der Waals surface area contributed by atoms with Crippen LogP contribution in [0.15, 0.2) is 0 Å². The first-order chi connectivity index (χ1) is 5.06. The maximum atomic E-state index is 12.9. The maximum absolute atomic E-state index is 12.9. The van der Waals surface area contributed by atoms with Gasteiger partial charge in [-0.25, -0.2) is 8.78 Å². The van der Waals surface area contributed by atoms with Gasteiger partial charge in [-0.1, -0.05) is 6.92 Å². The lowest BCUT2D eigenvalue weighted by atomic mass is 9.86. The number of halogens is 2. The van der Waals surface area contributed by atoms with Gasteiger partial charge >= 0.3 is 0 Å². The predicted molar refractivity (Wildman–Crippen MR) is 38.8 cm³/mol. The standard InChI is InChI=1S/C8H14F2O/c1-6-3-4-8(9,10)7(5-6)11-2/h6-7H,3-5H2,1-2H3. The second-order valence-electron chi connectivity index (χ2n) is 3.36. The summed E-state index contributed by atoms with van der Waals surface area (Å²) in [6.45, 7) is 1.99. The molecule has 2 atom stereocenters. The summed E-state index contributed by atoms with van der Waals surface area (Å²) < 4.78 is 30.6. The molecule has 0 aromatic heterocycles. The lowest BCUT2D eigenvalue weighted by molar-refractivity contribution is -0.154. The maximum Gasteiger partial charge on any atom is 0.273 e. The van der Waals surface area contributed by atoms with E-state index in [1.807, 2.05) is 6.92 Å². The molecule has 1 aliphatic carbocycles. The summed E-state index contributed by atoms with van der Waals surface area (Å²) in [6.07, 6.45) is 0.231. The van der Waals surface area contributed by atoms with Crippen LogP contribution in [0.2, 0.25) is 0 Å². The molecular formula is C8H14F2O. The van der Waals surface area contributed by atoms with E-state index in [1.54, 1.807) is 0 Å². The molecule has 0 aliphatic heterocycles. The normalized spacial score (nSPS) is 37.1. The first-order valence-electron chi connectivity index (χ1n) is 3.97. The number of ether oxygens (including phenoxy) is 1. The van der Waals surface area contributed by atoms with E-state index in [1.165, 1.54) is 7.11 Å². The fraction of sp³-hybridized carbons (Fsp3) is 1.00. The summed E-state index contributed by atoms with van der Waals surface area (Å²) in [5.41, 5.74) is 0. The Bertz CT molecular complexity index is 136. The Hall–Kier alpha value is -0.180. The van der Waals surface area contributed by atoms with Crippen molar-refractivity contribution in [2.75, 3.05) is 7.11 Å². The van der Waals surface area contributed by atoms with Gasteiger partial charge in [-0.3, -0.25) is 0 Å². The summed E-state index contributed by atoms with van der Waals surface area (Å²) in [5, 5.41) is 0. The van der Waals surface area contributed by atoms with Crippen LogP contribution in [0.1, 0.15) is 26.2 Å². The van der Waals surface area contributed by atoms with Gasteiger partial charge in [0, 0.05) is 13.5 Å². The third-order valence-electron chi connectivity index (χ3n) is 2.34. The van der Waals surface area contributed by atoms with E-state index < -0.39 is 12.0 Å². The molecule has 1 fully saturated rings. The molecule has 0 radical (unpaired) electrons. The van der Waals surface area contributed by atoms with Crippen LogP contribution in [0, 0.1) is 5.92 Å². The van der Waals surface area contributed by atoms with Gasteiger partial charge in [-0.05, 0) is 18.8 Å². The molecule has 11 heavy (non-hydrogen) atoms. The van der Waals surface area contributed by atoms with Crippen molar-refractivity contribution in [3.05, 3.63) is 0 Å². The van der Waals surface area contributed by atoms with Gasteiger partial charge in [-0.15, -0.1) is 0 Å². The largest absolute Gasteiger partial charge is 0.375 e. The Morgan fingerprint density at radius 1 is 1.45 bits per heavy atom. The number of hydrogen-bond acceptors (Lipinski definition) is 1. The van der Waals surface area contributed by atoms with Crippen molar-refractivity contribution in [1.29, 1.82) is 0 Å². The van der Waals surface area contributed by atoms with Gasteiger partial charge in [0.25, 0.3) is 5.92 Å². The van der Waals surface area contributed by atoms with Gasteiger partial charge in [-0.2, -0.15) is 0 Å². The third-order valence-corrected chi connectivity index (χ3v) is 2.34. The first kappa shape index (κ1) is 8.91. The van der Waals surface area contributed by atoms with E-state index in [4.69, 9.17) is 4.74 Å². The van der Waals surface area contributed by atoms with Gasteiger partial charge in [0.05, 0.1) is 0 Å². The number of hydrogen-bond donors (Lipinski definition) is 0. The molecule has 1 nitrogen and oxygen atoms in total. The second kappa shape index (κ2) is 3.05. The van der Waals surface area contributed by atoms with Crippen molar-refractivity contribution in [3.8, 4) is 0 Å². The van der Waals surface area contributed by atoms with Crippen LogP contribution in [0.5, 0.6) is 0 Å². The monoisotopic (exact) mass is 164 g/mol. The topological polar surface area (TPSA) is 9.23 Å². The fourth-order valence-corrected chi connectivity index (χ4v) is 1.52. The number of methoxy groups -OCH3 is 1. The van der Waals surface area contributed by atoms with Crippen LogP contribution in [-0.2, 0) is 4.74 Å². The average molecular weight is 164 g/mol. The van der Waals surface area contributed by atoms with Gasteiger partial charge in [0.1, 0.15) is 6.10 Å². The van der Waals surface area contributed by atoms with Crippen molar-refractivity contribution in [2.45, 2.75) is 38.2 Å². The lowest BCUT2D eigenvalue weighted by Crippen LogP contribution is -2.40. The van der Waals surface area contributed by atoms with Crippen LogP contribution < -0.4 is 0 Å². The van der Waals surface area contributed by atoms with E-state index in [0.29, 0.717) is 18.8 Å². The molecule has 0 spiro atoms. The minimum Gasteiger partial charge on any atom is -0.375 e. The lowest BCUT2D eigenvalue weighted by Gasteiger charge is -2.33. The molecule has 0 aromatic carbocycles. The van der Waals surface area contributed by atoms with Crippen LogP contribution >= 0.6 is 0 Å². The van der Waals surface area contributed by atoms with Crippen molar-refractivity contribution >= 4 is 0 Å². The molecule has 2 unspecified atom stereocenters. The average Bonchev–Trinajstić information content (AvgIpc) is 1.94. The molecule has 0 heterocycles. The summed E-state index contributed by atoms with van der Waals surface area (Å²) in [4.78, 5) is 0. The zero-order valence-corrected chi connectivity index (χ0v) is 6.94. The molecule has 66 valence electrons. The molecule has 0 bridgehead atoms. The Kier molecular flexibility index (Phi) is 2.47. The summed E-state index contributed by atoms with van der Waals surface area (Å²) >= 11 is 0. The van der Waals surface area contributed by atoms with Crippen LogP contribution in [-0.4, -0.2) is 19.1 Å². The van der Waals surface area contributed by atoms with Crippen molar-refractivity contribution < 1.29 is 13.5 Å². The van der Waals surface area contributed by atoms with E-state index in [0.717, 1.165) is 0 Å². The highest BCUT2D eigenvalue weighted by molar-refractivity contribution is 4.84. The molecule has 0 saturated heterocycles. The highest BCUT2D eigenvalue weighted by Crippen LogP contribution is 2.37. The minimum atomic E-state index is -2.60. The quantitative estimate of drug-likeness (QED) is 0.578. The van der Waals surface area contributed by atoms with Crippen LogP contribution in [0.4, 0.5) is 8.78 Å². The second-order valence-corrected chi connectivity index (χ2v) is 3.36. The predicted octanol–water partition coefficient (Wildman–Crippen LogP) is 2.46. The first-order valence-corrected chi connectivity index (χ1v) is 3.97. The molecule has 1 aliphatic rings. The van der Waals surface area contributed by atoms with E-state index in [9.17, 15) is 8.78 Å². The van der Waals surface area contributed by atoms with Gasteiger partial charge < -0.3 is 4.74 Å². The number of rotatable bonds is 1. The summed E-state index contributed by atoms with van der Waals surface area (Å²) in [5.74, 6) is -2.22. The van der Waals surface area contributed by atoms with Crippen molar-refractivity contribution in [1.82, 2.24) is 0 Å². The van der Waals surface area contributed by atoms with Gasteiger partial charge in [0.15, 0.2) is 0 Å². The summed E-state index contributed by atoms with van der Waals surface area (Å²) in [7, 11) is 1.36. The molecule has 1 saturated carbocycles. The molecule has 3 heteroatoms. The SMILES string of the molecule is COC1CC(C)CCC1(F)F. The Morgan fingerprint density at radius 3 is 2.55 bits per heavy atom. The molecular weight excluding hydrogens is 150 g/mol. The highest BCUT2D eigenvalue weighted by atomic mass is 19.3. The van der Waals surface area contributed by atoms with E-state index >= 15 is 0 Å². The van der Waals surface area contributed by atoms with Crippen molar-refractivity contribution in [2.24, 2.45) is 5.92 Å². The van der Waals surface area contributed by atoms with E-state index in [2.05, 4.69) is 0 Å². The van der Waals surface area contributed by atoms with Crippen LogP contribution in [0.3, 0.4) is 0 Å². The molecule has 1 rings (SSSR count). The minimum absolute atomic E-state index is 0.0212. The zero-order chi connectivity index (χ0) is 8.48. The smallest absolute Gasteiger partial charge is 0.273 e. The zero-order valence-electron chi connectivity index (χ0n) is 6.94. The fourth-order valence-electron chi connectivity index (χ4n) is 1.52.